The van der Waals surface area contributed by atoms with Gasteiger partial charge in [-0.15, -0.1) is 0 Å². The van der Waals surface area contributed by atoms with Crippen LogP contribution in [0.3, 0.4) is 0 Å². The molecule has 5 nitrogen and oxygen atoms in total. The Bertz CT molecular complexity index is 675. The molecule has 21 heavy (non-hydrogen) atoms. The van der Waals surface area contributed by atoms with Crippen LogP contribution in [0.5, 0.6) is 5.75 Å². The molecule has 0 fully saturated rings. The smallest absolute Gasteiger partial charge is 0.295 e. The minimum absolute atomic E-state index is 0.0638. The first kappa shape index (κ1) is 14.7. The lowest BCUT2D eigenvalue weighted by Gasteiger charge is -2.16. The van der Waals surface area contributed by atoms with Gasteiger partial charge in [0.05, 0.1) is 4.92 Å². The average Bonchev–Trinajstić information content (AvgIpc) is 2.44. The van der Waals surface area contributed by atoms with Crippen molar-refractivity contribution in [2.24, 2.45) is 0 Å². The Morgan fingerprint density at radius 2 is 1.81 bits per heavy atom. The van der Waals surface area contributed by atoms with Crippen molar-refractivity contribution >= 4 is 11.4 Å². The van der Waals surface area contributed by atoms with E-state index >= 15 is 0 Å². The minimum atomic E-state index is -1.30. The lowest BCUT2D eigenvalue weighted by Crippen LogP contribution is -2.10. The molecular formula is C14H12F2N2O3. The average molecular weight is 294 g/mol. The van der Waals surface area contributed by atoms with Gasteiger partial charge in [-0.2, -0.15) is 0 Å². The third-order valence-electron chi connectivity index (χ3n) is 3.02. The van der Waals surface area contributed by atoms with Gasteiger partial charge in [0.2, 0.25) is 0 Å². The van der Waals surface area contributed by atoms with Crippen LogP contribution in [0.1, 0.15) is 18.5 Å². The number of nitrogens with zero attached hydrogens (tertiary/aromatic N) is 1. The summed E-state index contributed by atoms with van der Waals surface area (Å²) in [7, 11) is 0. The fourth-order valence-electron chi connectivity index (χ4n) is 1.89. The van der Waals surface area contributed by atoms with Gasteiger partial charge in [0, 0.05) is 12.1 Å². The van der Waals surface area contributed by atoms with Crippen molar-refractivity contribution in [3.05, 3.63) is 63.7 Å². The zero-order valence-corrected chi connectivity index (χ0v) is 11.0. The predicted molar refractivity (Wildman–Crippen MR) is 73.2 cm³/mol. The molecule has 0 radical (unpaired) electrons. The molecule has 2 aromatic rings. The maximum Gasteiger partial charge on any atom is 0.295 e. The summed E-state index contributed by atoms with van der Waals surface area (Å²) >= 11 is 0. The van der Waals surface area contributed by atoms with Crippen LogP contribution in [0.4, 0.5) is 20.2 Å². The van der Waals surface area contributed by atoms with Gasteiger partial charge in [0.15, 0.2) is 17.3 Å². The molecule has 0 saturated carbocycles. The Hall–Kier alpha value is -2.70. The molecule has 1 unspecified atom stereocenters. The lowest BCUT2D eigenvalue weighted by atomic mass is 10.1. The molecule has 0 aliphatic carbocycles. The fourth-order valence-corrected chi connectivity index (χ4v) is 1.89. The molecule has 2 aromatic carbocycles. The second-order valence-electron chi connectivity index (χ2n) is 4.47. The zero-order chi connectivity index (χ0) is 15.6. The molecule has 0 heterocycles. The molecule has 1 atom stereocenters. The molecule has 0 spiro atoms. The van der Waals surface area contributed by atoms with E-state index in [9.17, 15) is 24.0 Å². The number of benzene rings is 2. The molecule has 7 heteroatoms. The van der Waals surface area contributed by atoms with Crippen molar-refractivity contribution in [3.8, 4) is 5.75 Å². The largest absolute Gasteiger partial charge is 0.508 e. The van der Waals surface area contributed by atoms with Crippen LogP contribution in [0, 0.1) is 21.7 Å². The third kappa shape index (κ3) is 3.07. The summed E-state index contributed by atoms with van der Waals surface area (Å²) < 4.78 is 27.0. The van der Waals surface area contributed by atoms with Crippen LogP contribution in [0.25, 0.3) is 0 Å². The van der Waals surface area contributed by atoms with Crippen molar-refractivity contribution in [3.63, 3.8) is 0 Å². The van der Waals surface area contributed by atoms with E-state index in [0.717, 1.165) is 6.07 Å². The van der Waals surface area contributed by atoms with Gasteiger partial charge in [-0.3, -0.25) is 10.1 Å². The lowest BCUT2D eigenvalue weighted by molar-refractivity contribution is -0.384. The number of hydrogen-bond donors (Lipinski definition) is 2. The first-order valence-electron chi connectivity index (χ1n) is 6.08. The van der Waals surface area contributed by atoms with Gasteiger partial charge in [0.25, 0.3) is 5.69 Å². The summed E-state index contributed by atoms with van der Waals surface area (Å²) in [6.45, 7) is 1.64. The van der Waals surface area contributed by atoms with Crippen LogP contribution >= 0.6 is 0 Å². The van der Waals surface area contributed by atoms with Crippen molar-refractivity contribution in [2.75, 3.05) is 5.32 Å². The van der Waals surface area contributed by atoms with Gasteiger partial charge in [0.1, 0.15) is 5.75 Å². The molecule has 0 saturated heterocycles. The molecule has 0 aliphatic heterocycles. The van der Waals surface area contributed by atoms with Crippen LogP contribution in [-0.2, 0) is 0 Å². The topological polar surface area (TPSA) is 75.4 Å². The highest BCUT2D eigenvalue weighted by Gasteiger charge is 2.23. The number of aromatic hydroxyl groups is 1. The van der Waals surface area contributed by atoms with Crippen molar-refractivity contribution in [1.29, 1.82) is 0 Å². The van der Waals surface area contributed by atoms with E-state index in [1.807, 2.05) is 0 Å². The van der Waals surface area contributed by atoms with Gasteiger partial charge < -0.3 is 10.4 Å². The summed E-state index contributed by atoms with van der Waals surface area (Å²) in [5.41, 5.74) is -0.383. The number of nitrogens with one attached hydrogen (secondary N) is 1. The quantitative estimate of drug-likeness (QED) is 0.665. The summed E-state index contributed by atoms with van der Waals surface area (Å²) in [5.74, 6) is -2.40. The summed E-state index contributed by atoms with van der Waals surface area (Å²) in [6, 6.07) is 7.13. The molecule has 0 aromatic heterocycles. The van der Waals surface area contributed by atoms with Crippen LogP contribution in [0.15, 0.2) is 36.4 Å². The number of halogens is 2. The number of phenols is 1. The van der Waals surface area contributed by atoms with Gasteiger partial charge >= 0.3 is 0 Å². The molecule has 0 bridgehead atoms. The predicted octanol–water partition coefficient (Wildman–Crippen LogP) is 3.75. The van der Waals surface area contributed by atoms with Gasteiger partial charge in [-0.25, -0.2) is 8.78 Å². The van der Waals surface area contributed by atoms with Crippen molar-refractivity contribution in [2.45, 2.75) is 13.0 Å². The molecular weight excluding hydrogens is 282 g/mol. The van der Waals surface area contributed by atoms with E-state index in [-0.39, 0.29) is 5.75 Å². The van der Waals surface area contributed by atoms with E-state index in [2.05, 4.69) is 5.32 Å². The number of hydrogen-bond acceptors (Lipinski definition) is 4. The second kappa shape index (κ2) is 5.74. The van der Waals surface area contributed by atoms with Gasteiger partial charge in [-0.05, 0) is 30.7 Å². The normalized spacial score (nSPS) is 12.0. The number of rotatable bonds is 4. The highest BCUT2D eigenvalue weighted by atomic mass is 19.2. The van der Waals surface area contributed by atoms with Crippen molar-refractivity contribution < 1.29 is 18.8 Å². The summed E-state index contributed by atoms with van der Waals surface area (Å²) in [5, 5.41) is 22.7. The fraction of sp³-hybridized carbons (Fsp3) is 0.143. The van der Waals surface area contributed by atoms with Gasteiger partial charge in [-0.1, -0.05) is 12.1 Å². The van der Waals surface area contributed by atoms with Crippen LogP contribution in [0.2, 0.25) is 0 Å². The Morgan fingerprint density at radius 3 is 2.38 bits per heavy atom. The Kier molecular flexibility index (Phi) is 4.02. The third-order valence-corrected chi connectivity index (χ3v) is 3.02. The standard InChI is InChI=1S/C14H12F2N2O3/c1-8(9-2-4-10(19)5-3-9)17-14-12(18(20)21)7-6-11(15)13(14)16/h2-8,17,19H,1H3. The SMILES string of the molecule is CC(Nc1c([N+](=O)[O-])ccc(F)c1F)c1ccc(O)cc1. The van der Waals surface area contributed by atoms with E-state index in [1.165, 1.54) is 12.1 Å². The Balaban J connectivity index is 2.36. The minimum Gasteiger partial charge on any atom is -0.508 e. The number of anilines is 1. The maximum atomic E-state index is 13.8. The zero-order valence-electron chi connectivity index (χ0n) is 11.0. The maximum absolute atomic E-state index is 13.8. The monoisotopic (exact) mass is 294 g/mol. The van der Waals surface area contributed by atoms with Crippen LogP contribution in [-0.4, -0.2) is 10.0 Å². The Morgan fingerprint density at radius 1 is 1.19 bits per heavy atom. The summed E-state index contributed by atoms with van der Waals surface area (Å²) in [6.07, 6.45) is 0. The molecule has 110 valence electrons. The highest BCUT2D eigenvalue weighted by Crippen LogP contribution is 2.32. The highest BCUT2D eigenvalue weighted by molar-refractivity contribution is 5.63. The van der Waals surface area contributed by atoms with Crippen LogP contribution < -0.4 is 5.32 Å². The first-order valence-corrected chi connectivity index (χ1v) is 6.08. The molecule has 0 amide bonds. The van der Waals surface area contributed by atoms with E-state index in [4.69, 9.17) is 0 Å². The van der Waals surface area contributed by atoms with E-state index in [1.54, 1.807) is 19.1 Å². The Labute approximate surface area is 119 Å². The first-order chi connectivity index (χ1) is 9.90. The number of nitro benzene ring substituents is 1. The number of nitro groups is 1. The van der Waals surface area contributed by atoms with E-state index < -0.39 is 34.0 Å². The summed E-state index contributed by atoms with van der Waals surface area (Å²) in [4.78, 5) is 10.1. The number of phenolic OH excluding ortho intramolecular Hbond substituents is 1. The second-order valence-corrected chi connectivity index (χ2v) is 4.47. The molecule has 2 rings (SSSR count). The molecule has 2 N–H and O–H groups in total. The van der Waals surface area contributed by atoms with Crippen molar-refractivity contribution in [1.82, 2.24) is 0 Å². The molecule has 0 aliphatic rings. The van der Waals surface area contributed by atoms with E-state index in [0.29, 0.717) is 11.6 Å².